The van der Waals surface area contributed by atoms with Crippen LogP contribution >= 0.6 is 0 Å². The number of rotatable bonds is 5. The highest BCUT2D eigenvalue weighted by atomic mass is 16.3. The molecular weight excluding hydrogens is 384 g/mol. The van der Waals surface area contributed by atoms with Crippen LogP contribution in [-0.4, -0.2) is 58.3 Å². The second-order valence-electron chi connectivity index (χ2n) is 8.25. The van der Waals surface area contributed by atoms with E-state index in [9.17, 15) is 14.7 Å². The van der Waals surface area contributed by atoms with E-state index in [1.165, 1.54) is 0 Å². The second-order valence-corrected chi connectivity index (χ2v) is 8.25. The van der Waals surface area contributed by atoms with E-state index in [-0.39, 0.29) is 30.3 Å². The average Bonchev–Trinajstić information content (AvgIpc) is 3.12. The summed E-state index contributed by atoms with van der Waals surface area (Å²) >= 11 is 0. The molecule has 2 aliphatic rings. The lowest BCUT2D eigenvalue weighted by Gasteiger charge is -2.35. The molecule has 0 radical (unpaired) electrons. The van der Waals surface area contributed by atoms with Crippen LogP contribution in [0.4, 0.5) is 22.1 Å². The van der Waals surface area contributed by atoms with Crippen molar-refractivity contribution >= 4 is 29.3 Å². The third-order valence-corrected chi connectivity index (χ3v) is 5.49. The summed E-state index contributed by atoms with van der Waals surface area (Å²) in [7, 11) is 0. The van der Waals surface area contributed by atoms with Gasteiger partial charge in [-0.05, 0) is 51.0 Å². The maximum Gasteiger partial charge on any atom is 0.329 e. The Hall–Kier alpha value is -3.20. The minimum Gasteiger partial charge on any atom is -0.396 e. The maximum atomic E-state index is 13.1. The smallest absolute Gasteiger partial charge is 0.329 e. The molecule has 0 unspecified atom stereocenters. The second kappa shape index (κ2) is 7.91. The van der Waals surface area contributed by atoms with Crippen LogP contribution < -0.4 is 20.4 Å². The number of anilines is 3. The predicted molar refractivity (Wildman–Crippen MR) is 114 cm³/mol. The molecule has 0 aliphatic carbocycles. The Bertz CT molecular complexity index is 949. The number of nitrogens with one attached hydrogen (secondary N) is 2. The van der Waals surface area contributed by atoms with Gasteiger partial charge in [0.05, 0.1) is 11.7 Å². The number of amides is 3. The van der Waals surface area contributed by atoms with Crippen molar-refractivity contribution in [2.45, 2.75) is 38.3 Å². The van der Waals surface area contributed by atoms with Crippen molar-refractivity contribution in [1.29, 1.82) is 0 Å². The summed E-state index contributed by atoms with van der Waals surface area (Å²) in [4.78, 5) is 38.4. The maximum absolute atomic E-state index is 13.1. The van der Waals surface area contributed by atoms with Gasteiger partial charge in [0, 0.05) is 31.4 Å². The normalized spacial score (nSPS) is 17.5. The Morgan fingerprint density at radius 2 is 2.10 bits per heavy atom. The summed E-state index contributed by atoms with van der Waals surface area (Å²) in [6.45, 7) is 5.24. The van der Waals surface area contributed by atoms with Crippen LogP contribution in [-0.2, 0) is 0 Å². The first-order chi connectivity index (χ1) is 14.4. The Labute approximate surface area is 175 Å². The minimum atomic E-state index is -0.567. The molecule has 9 nitrogen and oxygen atoms in total. The number of aliphatic hydroxyl groups excluding tert-OH is 1. The molecule has 1 saturated heterocycles. The number of urea groups is 1. The van der Waals surface area contributed by atoms with Gasteiger partial charge in [-0.25, -0.2) is 14.8 Å². The Balaban J connectivity index is 1.63. The molecule has 4 heterocycles. The van der Waals surface area contributed by atoms with Gasteiger partial charge in [-0.15, -0.1) is 0 Å². The van der Waals surface area contributed by atoms with Gasteiger partial charge in [0.25, 0.3) is 5.91 Å². The van der Waals surface area contributed by atoms with Gasteiger partial charge in [-0.3, -0.25) is 15.0 Å². The average molecular weight is 410 g/mol. The molecule has 0 aromatic carbocycles. The first-order valence-electron chi connectivity index (χ1n) is 10.1. The summed E-state index contributed by atoms with van der Waals surface area (Å²) in [6.07, 6.45) is 2.88. The van der Waals surface area contributed by atoms with E-state index >= 15 is 0 Å². The highest BCUT2D eigenvalue weighted by Gasteiger charge is 2.40. The lowest BCUT2D eigenvalue weighted by Crippen LogP contribution is -2.49. The highest BCUT2D eigenvalue weighted by Crippen LogP contribution is 2.39. The summed E-state index contributed by atoms with van der Waals surface area (Å²) in [6, 6.07) is 8.51. The molecule has 2 aromatic heterocycles. The number of aromatic nitrogens is 2. The molecule has 1 fully saturated rings. The number of nitrogens with zero attached hydrogens (tertiary/aromatic N) is 4. The number of fused-ring (bicyclic) bond motifs is 4. The zero-order valence-electron chi connectivity index (χ0n) is 17.1. The molecular formula is C21H26N6O3. The summed E-state index contributed by atoms with van der Waals surface area (Å²) in [5.74, 6) is 0.600. The Morgan fingerprint density at radius 1 is 1.27 bits per heavy atom. The van der Waals surface area contributed by atoms with Crippen molar-refractivity contribution in [3.8, 4) is 0 Å². The molecule has 158 valence electrons. The topological polar surface area (TPSA) is 111 Å². The standard InChI is InChI=1S/C21H26N6O3/c1-21(2,9-12-28)25-19(29)15-6-7-16-18(23-15)27(14-8-11-26(16)13-14)20(30)24-17-5-3-4-10-22-17/h3-7,10,14,28H,8-9,11-13H2,1-2H3,(H,25,29)(H,22,24,30)/t14-/m0/s1. The fourth-order valence-electron chi connectivity index (χ4n) is 3.92. The van der Waals surface area contributed by atoms with Crippen LogP contribution in [0.2, 0.25) is 0 Å². The van der Waals surface area contributed by atoms with E-state index in [4.69, 9.17) is 0 Å². The minimum absolute atomic E-state index is 0.0159. The van der Waals surface area contributed by atoms with E-state index in [1.54, 1.807) is 35.4 Å². The Morgan fingerprint density at radius 3 is 2.83 bits per heavy atom. The molecule has 4 rings (SSSR count). The largest absolute Gasteiger partial charge is 0.396 e. The molecule has 1 atom stereocenters. The highest BCUT2D eigenvalue weighted by molar-refractivity contribution is 6.05. The van der Waals surface area contributed by atoms with Crippen LogP contribution in [0.5, 0.6) is 0 Å². The molecule has 2 aliphatic heterocycles. The number of carbonyl (C=O) groups excluding carboxylic acids is 2. The van der Waals surface area contributed by atoms with Crippen molar-refractivity contribution in [3.63, 3.8) is 0 Å². The lowest BCUT2D eigenvalue weighted by atomic mass is 10.0. The molecule has 9 heteroatoms. The fourth-order valence-corrected chi connectivity index (χ4v) is 3.92. The van der Waals surface area contributed by atoms with Gasteiger partial charge in [-0.2, -0.15) is 0 Å². The van der Waals surface area contributed by atoms with Gasteiger partial charge >= 0.3 is 6.03 Å². The first-order valence-corrected chi connectivity index (χ1v) is 10.1. The van der Waals surface area contributed by atoms with E-state index in [2.05, 4.69) is 25.5 Å². The van der Waals surface area contributed by atoms with Gasteiger partial charge in [0.1, 0.15) is 11.5 Å². The van der Waals surface area contributed by atoms with Gasteiger partial charge < -0.3 is 15.3 Å². The Kier molecular flexibility index (Phi) is 5.29. The van der Waals surface area contributed by atoms with Gasteiger partial charge in [0.15, 0.2) is 5.82 Å². The number of aliphatic hydroxyl groups is 1. The molecule has 2 aromatic rings. The number of hydrogen-bond acceptors (Lipinski definition) is 6. The van der Waals surface area contributed by atoms with E-state index in [1.807, 2.05) is 19.9 Å². The van der Waals surface area contributed by atoms with Gasteiger partial charge in [-0.1, -0.05) is 6.07 Å². The van der Waals surface area contributed by atoms with Crippen molar-refractivity contribution in [3.05, 3.63) is 42.2 Å². The predicted octanol–water partition coefficient (Wildman–Crippen LogP) is 2.00. The number of carbonyl (C=O) groups is 2. The SMILES string of the molecule is CC(C)(CCO)NC(=O)c1ccc2c(n1)N(C(=O)Nc1ccccn1)[C@H]1CCN2C1. The fraction of sp³-hybridized carbons (Fsp3) is 0.429. The van der Waals surface area contributed by atoms with Crippen molar-refractivity contribution in [2.75, 3.05) is 34.8 Å². The third-order valence-electron chi connectivity index (χ3n) is 5.49. The lowest BCUT2D eigenvalue weighted by molar-refractivity contribution is 0.0894. The third kappa shape index (κ3) is 3.93. The monoisotopic (exact) mass is 410 g/mol. The van der Waals surface area contributed by atoms with Crippen LogP contribution in [0.1, 0.15) is 37.2 Å². The number of pyridine rings is 2. The van der Waals surface area contributed by atoms with Crippen LogP contribution in [0.3, 0.4) is 0 Å². The molecule has 3 amide bonds. The van der Waals surface area contributed by atoms with Crippen molar-refractivity contribution in [2.24, 2.45) is 0 Å². The quantitative estimate of drug-likeness (QED) is 0.695. The van der Waals surface area contributed by atoms with Crippen LogP contribution in [0.15, 0.2) is 36.5 Å². The van der Waals surface area contributed by atoms with Crippen LogP contribution in [0, 0.1) is 0 Å². The molecule has 2 bridgehead atoms. The van der Waals surface area contributed by atoms with Crippen molar-refractivity contribution < 1.29 is 14.7 Å². The van der Waals surface area contributed by atoms with E-state index < -0.39 is 5.54 Å². The first kappa shape index (κ1) is 20.1. The van der Waals surface area contributed by atoms with Gasteiger partial charge in [0.2, 0.25) is 0 Å². The summed E-state index contributed by atoms with van der Waals surface area (Å²) < 4.78 is 0. The number of hydrogen-bond donors (Lipinski definition) is 3. The zero-order valence-corrected chi connectivity index (χ0v) is 17.1. The molecule has 30 heavy (non-hydrogen) atoms. The van der Waals surface area contributed by atoms with E-state index in [0.717, 1.165) is 25.2 Å². The summed E-state index contributed by atoms with van der Waals surface area (Å²) in [5.41, 5.74) is 0.506. The molecule has 0 saturated carbocycles. The molecule has 3 N–H and O–H groups in total. The van der Waals surface area contributed by atoms with Crippen LogP contribution in [0.25, 0.3) is 0 Å². The summed E-state index contributed by atoms with van der Waals surface area (Å²) in [5, 5.41) is 14.9. The zero-order chi connectivity index (χ0) is 21.3. The molecule has 0 spiro atoms. The van der Waals surface area contributed by atoms with Crippen molar-refractivity contribution in [1.82, 2.24) is 15.3 Å². The van der Waals surface area contributed by atoms with E-state index in [0.29, 0.717) is 18.1 Å².